The van der Waals surface area contributed by atoms with Gasteiger partial charge in [0.2, 0.25) is 0 Å². The quantitative estimate of drug-likeness (QED) is 0.393. The van der Waals surface area contributed by atoms with Crippen molar-refractivity contribution >= 4 is 17.3 Å². The Balaban J connectivity index is 1.37. The average Bonchev–Trinajstić information content (AvgIpc) is 3.31. The van der Waals surface area contributed by atoms with E-state index in [0.717, 1.165) is 42.1 Å². The third-order valence-corrected chi connectivity index (χ3v) is 10.5. The maximum Gasteiger partial charge on any atom is 0.302 e. The summed E-state index contributed by atoms with van der Waals surface area (Å²) in [6.07, 6.45) is 14.1. The number of allylic oxidation sites excluding steroid dienone is 1. The van der Waals surface area contributed by atoms with Crippen molar-refractivity contribution in [3.05, 3.63) is 22.9 Å². The number of esters is 1. The molecule has 0 aliphatic heterocycles. The fourth-order valence-electron chi connectivity index (χ4n) is 8.01. The lowest BCUT2D eigenvalue weighted by Gasteiger charge is -2.58. The normalized spacial score (nSPS) is 41.5. The number of hydrogen-bond donors (Lipinski definition) is 0. The predicted octanol–water partition coefficient (Wildman–Crippen LogP) is 6.52. The molecule has 4 nitrogen and oxygen atoms in total. The molecule has 0 saturated heterocycles. The Morgan fingerprint density at radius 3 is 2.81 bits per heavy atom. The molecule has 1 aromatic rings. The van der Waals surface area contributed by atoms with Gasteiger partial charge in [-0.3, -0.25) is 4.79 Å². The van der Waals surface area contributed by atoms with Crippen LogP contribution in [0.1, 0.15) is 90.0 Å². The molecule has 1 heterocycles. The highest BCUT2D eigenvalue weighted by atomic mass is 32.1. The Kier molecular flexibility index (Phi) is 5.47. The number of rotatable bonds is 4. The van der Waals surface area contributed by atoms with Gasteiger partial charge in [0.15, 0.2) is 5.06 Å². The molecule has 0 bridgehead atoms. The molecule has 0 spiro atoms. The summed E-state index contributed by atoms with van der Waals surface area (Å²) in [6, 6.07) is 0. The van der Waals surface area contributed by atoms with Gasteiger partial charge in [-0.25, -0.2) is 4.98 Å². The Labute approximate surface area is 190 Å². The van der Waals surface area contributed by atoms with Crippen molar-refractivity contribution in [3.63, 3.8) is 0 Å². The molecule has 5 heteroatoms. The lowest BCUT2D eigenvalue weighted by molar-refractivity contribution is -0.148. The molecule has 4 aliphatic rings. The van der Waals surface area contributed by atoms with Gasteiger partial charge in [-0.15, -0.1) is 0 Å². The predicted molar refractivity (Wildman–Crippen MR) is 123 cm³/mol. The summed E-state index contributed by atoms with van der Waals surface area (Å²) in [5.41, 5.74) is 2.23. The molecular weight excluding hydrogens is 406 g/mol. The summed E-state index contributed by atoms with van der Waals surface area (Å²) >= 11 is 1.77. The Morgan fingerprint density at radius 2 is 2.03 bits per heavy atom. The second kappa shape index (κ2) is 7.90. The van der Waals surface area contributed by atoms with Crippen molar-refractivity contribution in [1.29, 1.82) is 0 Å². The number of carbonyl (C=O) groups excluding carboxylic acids is 1. The standard InChI is InChI=1S/C26H37NO3S/c1-5-29-23-15-27-24(31-23)22-9-8-20-19-7-6-17-14-18(30-16(2)28)10-12-25(17,3)21(19)11-13-26(20,22)4/h6,15,18-22H,5,7-14H2,1-4H3/t18-,19-,20?,21?,22+,25-,26-/m0/s1. The smallest absolute Gasteiger partial charge is 0.302 e. The molecular formula is C26H37NO3S. The Bertz CT molecular complexity index is 878. The first-order chi connectivity index (χ1) is 14.8. The summed E-state index contributed by atoms with van der Waals surface area (Å²) in [5.74, 6) is 2.79. The molecule has 170 valence electrons. The minimum absolute atomic E-state index is 0.0857. The fourth-order valence-corrected chi connectivity index (χ4v) is 9.13. The van der Waals surface area contributed by atoms with Crippen LogP contribution in [0.4, 0.5) is 0 Å². The van der Waals surface area contributed by atoms with Gasteiger partial charge in [-0.2, -0.15) is 0 Å². The molecule has 4 aliphatic carbocycles. The molecule has 3 fully saturated rings. The van der Waals surface area contributed by atoms with Crippen LogP contribution in [0, 0.1) is 28.6 Å². The van der Waals surface area contributed by atoms with Crippen molar-refractivity contribution in [3.8, 4) is 5.06 Å². The first-order valence-electron chi connectivity index (χ1n) is 12.3. The molecule has 0 aromatic carbocycles. The molecule has 2 unspecified atom stereocenters. The van der Waals surface area contributed by atoms with E-state index in [4.69, 9.17) is 14.5 Å². The minimum Gasteiger partial charge on any atom is -0.483 e. The van der Waals surface area contributed by atoms with E-state index in [0.29, 0.717) is 23.4 Å². The van der Waals surface area contributed by atoms with Crippen molar-refractivity contribution in [2.24, 2.45) is 28.6 Å². The number of nitrogens with zero attached hydrogens (tertiary/aromatic N) is 1. The van der Waals surface area contributed by atoms with Gasteiger partial charge >= 0.3 is 5.97 Å². The molecule has 3 saturated carbocycles. The number of aromatic nitrogens is 1. The Hall–Kier alpha value is -1.36. The average molecular weight is 444 g/mol. The van der Waals surface area contributed by atoms with Crippen LogP contribution in [0.5, 0.6) is 5.06 Å². The van der Waals surface area contributed by atoms with Crippen molar-refractivity contribution in [1.82, 2.24) is 4.98 Å². The van der Waals surface area contributed by atoms with E-state index in [1.54, 1.807) is 16.9 Å². The highest BCUT2D eigenvalue weighted by Crippen LogP contribution is 2.68. The summed E-state index contributed by atoms with van der Waals surface area (Å²) in [6.45, 7) is 9.37. The summed E-state index contributed by atoms with van der Waals surface area (Å²) in [7, 11) is 0. The van der Waals surface area contributed by atoms with E-state index in [2.05, 4.69) is 19.9 Å². The number of carbonyl (C=O) groups is 1. The lowest BCUT2D eigenvalue weighted by Crippen LogP contribution is -2.50. The largest absolute Gasteiger partial charge is 0.483 e. The van der Waals surface area contributed by atoms with Crippen LogP contribution in [0.3, 0.4) is 0 Å². The van der Waals surface area contributed by atoms with Gasteiger partial charge in [0.05, 0.1) is 17.8 Å². The van der Waals surface area contributed by atoms with Gasteiger partial charge < -0.3 is 9.47 Å². The summed E-state index contributed by atoms with van der Waals surface area (Å²) in [4.78, 5) is 16.3. The lowest BCUT2D eigenvalue weighted by atomic mass is 9.47. The molecule has 31 heavy (non-hydrogen) atoms. The molecule has 7 atom stereocenters. The third kappa shape index (κ3) is 3.46. The maximum absolute atomic E-state index is 11.5. The zero-order valence-electron chi connectivity index (χ0n) is 19.5. The van der Waals surface area contributed by atoms with E-state index in [9.17, 15) is 4.79 Å². The van der Waals surface area contributed by atoms with Crippen LogP contribution < -0.4 is 4.74 Å². The van der Waals surface area contributed by atoms with Crippen molar-refractivity contribution < 1.29 is 14.3 Å². The van der Waals surface area contributed by atoms with Crippen LogP contribution in [0.25, 0.3) is 0 Å². The molecule has 1 aromatic heterocycles. The highest BCUT2D eigenvalue weighted by Gasteiger charge is 2.59. The maximum atomic E-state index is 11.5. The highest BCUT2D eigenvalue weighted by molar-refractivity contribution is 7.13. The minimum atomic E-state index is -0.136. The zero-order chi connectivity index (χ0) is 21.8. The van der Waals surface area contributed by atoms with E-state index >= 15 is 0 Å². The van der Waals surface area contributed by atoms with E-state index in [-0.39, 0.29) is 12.1 Å². The summed E-state index contributed by atoms with van der Waals surface area (Å²) in [5, 5.41) is 2.27. The van der Waals surface area contributed by atoms with Crippen LogP contribution in [-0.2, 0) is 9.53 Å². The van der Waals surface area contributed by atoms with E-state index in [1.165, 1.54) is 44.0 Å². The number of fused-ring (bicyclic) bond motifs is 5. The SMILES string of the molecule is CCOc1cnc([C@H]2CCC3[C@@H]4CC=C5C[C@@H](OC(C)=O)CC[C@]5(C)C4CC[C@@]32C)s1. The first-order valence-corrected chi connectivity index (χ1v) is 13.1. The van der Waals surface area contributed by atoms with Gasteiger partial charge in [-0.1, -0.05) is 36.8 Å². The fraction of sp³-hybridized carbons (Fsp3) is 0.769. The molecule has 0 amide bonds. The van der Waals surface area contributed by atoms with Crippen LogP contribution >= 0.6 is 11.3 Å². The second-order valence-electron chi connectivity index (χ2n) is 10.9. The van der Waals surface area contributed by atoms with Gasteiger partial charge in [0.25, 0.3) is 0 Å². The summed E-state index contributed by atoms with van der Waals surface area (Å²) < 4.78 is 11.3. The second-order valence-corrected chi connectivity index (χ2v) is 11.9. The van der Waals surface area contributed by atoms with Gasteiger partial charge in [0, 0.05) is 19.3 Å². The van der Waals surface area contributed by atoms with Crippen LogP contribution in [0.15, 0.2) is 17.8 Å². The van der Waals surface area contributed by atoms with E-state index in [1.807, 2.05) is 13.1 Å². The van der Waals surface area contributed by atoms with Crippen LogP contribution in [-0.4, -0.2) is 23.7 Å². The topological polar surface area (TPSA) is 48.4 Å². The molecule has 0 radical (unpaired) electrons. The Morgan fingerprint density at radius 1 is 1.19 bits per heavy atom. The van der Waals surface area contributed by atoms with Crippen LogP contribution in [0.2, 0.25) is 0 Å². The number of hydrogen-bond acceptors (Lipinski definition) is 5. The van der Waals surface area contributed by atoms with E-state index < -0.39 is 0 Å². The first kappa shape index (κ1) is 21.5. The molecule has 0 N–H and O–H groups in total. The van der Waals surface area contributed by atoms with Gasteiger partial charge in [0.1, 0.15) is 6.10 Å². The zero-order valence-corrected chi connectivity index (χ0v) is 20.3. The van der Waals surface area contributed by atoms with Crippen molar-refractivity contribution in [2.45, 2.75) is 91.1 Å². The molecule has 5 rings (SSSR count). The monoisotopic (exact) mass is 443 g/mol. The number of ether oxygens (including phenoxy) is 2. The van der Waals surface area contributed by atoms with Crippen molar-refractivity contribution in [2.75, 3.05) is 6.61 Å². The number of thiazole rings is 1. The van der Waals surface area contributed by atoms with Gasteiger partial charge in [-0.05, 0) is 80.5 Å². The third-order valence-electron chi connectivity index (χ3n) is 9.48.